The number of methoxy groups -OCH3 is 1. The van der Waals surface area contributed by atoms with Crippen molar-refractivity contribution in [3.05, 3.63) is 88.9 Å². The van der Waals surface area contributed by atoms with Gasteiger partial charge in [0.15, 0.2) is 5.58 Å². The number of ether oxygens (including phenoxy) is 1. The van der Waals surface area contributed by atoms with Crippen LogP contribution < -0.4 is 10.1 Å². The first-order valence-corrected chi connectivity index (χ1v) is 10.4. The molecular formula is C25H17BrN2O3. The molecule has 0 aliphatic heterocycles. The maximum atomic E-state index is 13.0. The molecule has 152 valence electrons. The summed E-state index contributed by atoms with van der Waals surface area (Å²) < 4.78 is 12.3. The Balaban J connectivity index is 1.46. The number of oxazole rings is 1. The number of benzene rings is 4. The first-order valence-electron chi connectivity index (χ1n) is 9.65. The molecule has 0 saturated carbocycles. The third-order valence-corrected chi connectivity index (χ3v) is 5.52. The van der Waals surface area contributed by atoms with Gasteiger partial charge in [-0.3, -0.25) is 4.79 Å². The van der Waals surface area contributed by atoms with E-state index in [1.165, 1.54) is 0 Å². The summed E-state index contributed by atoms with van der Waals surface area (Å²) in [5.74, 6) is 0.796. The molecule has 0 spiro atoms. The number of anilines is 1. The lowest BCUT2D eigenvalue weighted by Gasteiger charge is -2.11. The van der Waals surface area contributed by atoms with E-state index in [0.717, 1.165) is 20.8 Å². The fourth-order valence-corrected chi connectivity index (χ4v) is 3.91. The highest BCUT2D eigenvalue weighted by molar-refractivity contribution is 9.10. The molecule has 0 aliphatic rings. The summed E-state index contributed by atoms with van der Waals surface area (Å²) >= 11 is 3.46. The summed E-state index contributed by atoms with van der Waals surface area (Å²) in [5.41, 5.74) is 3.28. The summed E-state index contributed by atoms with van der Waals surface area (Å²) in [7, 11) is 1.56. The number of carbonyl (C=O) groups excluding carboxylic acids is 1. The van der Waals surface area contributed by atoms with Crippen molar-refractivity contribution in [3.63, 3.8) is 0 Å². The van der Waals surface area contributed by atoms with Crippen LogP contribution in [0, 0.1) is 0 Å². The fraction of sp³-hybridized carbons (Fsp3) is 0.0400. The minimum atomic E-state index is -0.252. The van der Waals surface area contributed by atoms with Crippen LogP contribution in [0.25, 0.3) is 33.3 Å². The van der Waals surface area contributed by atoms with Crippen molar-refractivity contribution in [2.75, 3.05) is 12.4 Å². The number of nitrogens with zero attached hydrogens (tertiary/aromatic N) is 1. The van der Waals surface area contributed by atoms with Gasteiger partial charge < -0.3 is 14.5 Å². The van der Waals surface area contributed by atoms with E-state index in [1.54, 1.807) is 25.3 Å². The maximum Gasteiger partial charge on any atom is 0.259 e. The molecule has 0 radical (unpaired) electrons. The Kier molecular flexibility index (Phi) is 4.92. The average molecular weight is 473 g/mol. The van der Waals surface area contributed by atoms with Crippen LogP contribution in [-0.2, 0) is 0 Å². The predicted molar refractivity (Wildman–Crippen MR) is 126 cm³/mol. The molecule has 0 unspecified atom stereocenters. The predicted octanol–water partition coefficient (Wildman–Crippen LogP) is 6.67. The second-order valence-electron chi connectivity index (χ2n) is 7.07. The molecule has 0 atom stereocenters. The third kappa shape index (κ3) is 3.78. The van der Waals surface area contributed by atoms with Gasteiger partial charge in [-0.15, -0.1) is 0 Å². The van der Waals surface area contributed by atoms with Gasteiger partial charge in [0.05, 0.1) is 12.7 Å². The standard InChI is InChI=1S/C25H17BrN2O3/c1-30-23-13-16-6-3-2-5-15(16)12-20(23)24(29)27-19-9-10-22-21(14-19)28-25(31-22)17-7-4-8-18(26)11-17/h2-14H,1H3,(H,27,29). The van der Waals surface area contributed by atoms with Gasteiger partial charge in [-0.25, -0.2) is 4.98 Å². The van der Waals surface area contributed by atoms with Crippen molar-refractivity contribution in [3.8, 4) is 17.2 Å². The zero-order chi connectivity index (χ0) is 21.4. The van der Waals surface area contributed by atoms with E-state index >= 15 is 0 Å². The number of hydrogen-bond acceptors (Lipinski definition) is 4. The minimum Gasteiger partial charge on any atom is -0.496 e. The van der Waals surface area contributed by atoms with Crippen molar-refractivity contribution in [1.29, 1.82) is 0 Å². The molecule has 1 heterocycles. The number of carbonyl (C=O) groups is 1. The van der Waals surface area contributed by atoms with Crippen molar-refractivity contribution in [2.24, 2.45) is 0 Å². The highest BCUT2D eigenvalue weighted by Gasteiger charge is 2.15. The van der Waals surface area contributed by atoms with Crippen molar-refractivity contribution >= 4 is 49.4 Å². The van der Waals surface area contributed by atoms with Crippen LogP contribution in [0.1, 0.15) is 10.4 Å². The minimum absolute atomic E-state index is 0.252. The van der Waals surface area contributed by atoms with Crippen LogP contribution in [0.4, 0.5) is 5.69 Å². The maximum absolute atomic E-state index is 13.0. The van der Waals surface area contributed by atoms with Crippen LogP contribution in [0.5, 0.6) is 5.75 Å². The van der Waals surface area contributed by atoms with Gasteiger partial charge >= 0.3 is 0 Å². The van der Waals surface area contributed by atoms with E-state index in [-0.39, 0.29) is 5.91 Å². The normalized spacial score (nSPS) is 11.0. The van der Waals surface area contributed by atoms with E-state index < -0.39 is 0 Å². The number of rotatable bonds is 4. The van der Waals surface area contributed by atoms with Gasteiger partial charge in [-0.2, -0.15) is 0 Å². The molecule has 5 aromatic rings. The summed E-state index contributed by atoms with van der Waals surface area (Å²) in [6.45, 7) is 0. The smallest absolute Gasteiger partial charge is 0.259 e. The molecular weight excluding hydrogens is 456 g/mol. The highest BCUT2D eigenvalue weighted by Crippen LogP contribution is 2.29. The van der Waals surface area contributed by atoms with E-state index in [9.17, 15) is 4.79 Å². The lowest BCUT2D eigenvalue weighted by atomic mass is 10.1. The van der Waals surface area contributed by atoms with E-state index in [1.807, 2.05) is 60.7 Å². The zero-order valence-electron chi connectivity index (χ0n) is 16.6. The van der Waals surface area contributed by atoms with Gasteiger partial charge in [0.25, 0.3) is 5.91 Å². The molecule has 5 rings (SSSR count). The summed E-state index contributed by atoms with van der Waals surface area (Å²) in [6, 6.07) is 24.7. The summed E-state index contributed by atoms with van der Waals surface area (Å²) in [5, 5.41) is 4.93. The first kappa shape index (κ1) is 19.3. The first-order chi connectivity index (χ1) is 15.1. The monoisotopic (exact) mass is 472 g/mol. The largest absolute Gasteiger partial charge is 0.496 e. The topological polar surface area (TPSA) is 64.4 Å². The molecule has 1 amide bonds. The molecule has 1 aromatic heterocycles. The molecule has 1 N–H and O–H groups in total. The van der Waals surface area contributed by atoms with Gasteiger partial charge in [-0.05, 0) is 59.3 Å². The third-order valence-electron chi connectivity index (χ3n) is 5.03. The number of amides is 1. The quantitative estimate of drug-likeness (QED) is 0.317. The van der Waals surface area contributed by atoms with Crippen molar-refractivity contribution in [1.82, 2.24) is 4.98 Å². The number of nitrogens with one attached hydrogen (secondary N) is 1. The second-order valence-corrected chi connectivity index (χ2v) is 7.98. The second kappa shape index (κ2) is 7.89. The number of aromatic nitrogens is 1. The number of fused-ring (bicyclic) bond motifs is 2. The van der Waals surface area contributed by atoms with Crippen LogP contribution in [-0.4, -0.2) is 18.0 Å². The number of hydrogen-bond donors (Lipinski definition) is 1. The molecule has 31 heavy (non-hydrogen) atoms. The zero-order valence-corrected chi connectivity index (χ0v) is 18.1. The van der Waals surface area contributed by atoms with Crippen molar-refractivity contribution in [2.45, 2.75) is 0 Å². The van der Waals surface area contributed by atoms with E-state index in [0.29, 0.717) is 34.0 Å². The molecule has 6 heteroatoms. The fourth-order valence-electron chi connectivity index (χ4n) is 3.51. The Morgan fingerprint density at radius 2 is 1.77 bits per heavy atom. The van der Waals surface area contributed by atoms with Gasteiger partial charge in [0, 0.05) is 15.7 Å². The Bertz CT molecular complexity index is 1440. The van der Waals surface area contributed by atoms with Gasteiger partial charge in [0.1, 0.15) is 11.3 Å². The Morgan fingerprint density at radius 1 is 0.968 bits per heavy atom. The molecule has 5 nitrogen and oxygen atoms in total. The lowest BCUT2D eigenvalue weighted by Crippen LogP contribution is -2.13. The summed E-state index contributed by atoms with van der Waals surface area (Å²) in [6.07, 6.45) is 0. The van der Waals surface area contributed by atoms with Crippen LogP contribution in [0.2, 0.25) is 0 Å². The Labute approximate surface area is 186 Å². The van der Waals surface area contributed by atoms with Crippen LogP contribution in [0.3, 0.4) is 0 Å². The molecule has 4 aromatic carbocycles. The van der Waals surface area contributed by atoms with Crippen molar-refractivity contribution < 1.29 is 13.9 Å². The van der Waals surface area contributed by atoms with E-state index in [2.05, 4.69) is 26.2 Å². The molecule has 0 bridgehead atoms. The SMILES string of the molecule is COc1cc2ccccc2cc1C(=O)Nc1ccc2oc(-c3cccc(Br)c3)nc2c1. The van der Waals surface area contributed by atoms with E-state index in [4.69, 9.17) is 9.15 Å². The molecule has 0 fully saturated rings. The molecule has 0 saturated heterocycles. The van der Waals surface area contributed by atoms with Crippen LogP contribution >= 0.6 is 15.9 Å². The molecule has 0 aliphatic carbocycles. The van der Waals surface area contributed by atoms with Crippen LogP contribution in [0.15, 0.2) is 87.8 Å². The van der Waals surface area contributed by atoms with Gasteiger partial charge in [0.2, 0.25) is 5.89 Å². The summed E-state index contributed by atoms with van der Waals surface area (Å²) in [4.78, 5) is 17.6. The number of halogens is 1. The lowest BCUT2D eigenvalue weighted by molar-refractivity contribution is 0.102. The highest BCUT2D eigenvalue weighted by atomic mass is 79.9. The Hall–Kier alpha value is -3.64. The Morgan fingerprint density at radius 3 is 2.55 bits per heavy atom. The average Bonchev–Trinajstić information content (AvgIpc) is 3.21. The van der Waals surface area contributed by atoms with Gasteiger partial charge in [-0.1, -0.05) is 46.3 Å².